The summed E-state index contributed by atoms with van der Waals surface area (Å²) in [5, 5.41) is 12.1. The maximum absolute atomic E-state index is 12.0. The second-order valence-corrected chi connectivity index (χ2v) is 5.07. The van der Waals surface area contributed by atoms with Crippen LogP contribution in [0.25, 0.3) is 0 Å². The highest BCUT2D eigenvalue weighted by Gasteiger charge is 2.45. The summed E-state index contributed by atoms with van der Waals surface area (Å²) in [7, 11) is 0. The van der Waals surface area contributed by atoms with Crippen molar-refractivity contribution in [2.45, 2.75) is 25.5 Å². The fraction of sp³-hybridized carbons (Fsp3) is 0.429. The van der Waals surface area contributed by atoms with E-state index >= 15 is 0 Å². The lowest BCUT2D eigenvalue weighted by atomic mass is 10.1. The first-order valence-corrected chi connectivity index (χ1v) is 6.46. The molecule has 5 heteroatoms. The Morgan fingerprint density at radius 2 is 2.21 bits per heavy atom. The molecule has 1 aliphatic heterocycles. The first-order chi connectivity index (χ1) is 9.28. The molecule has 5 nitrogen and oxygen atoms in total. The number of likely N-dealkylation sites (tertiary alicyclic amines) is 1. The molecule has 1 N–H and O–H groups in total. The van der Waals surface area contributed by atoms with Crippen molar-refractivity contribution < 1.29 is 14.7 Å². The van der Waals surface area contributed by atoms with E-state index in [0.717, 1.165) is 17.7 Å². The van der Waals surface area contributed by atoms with Crippen LogP contribution in [-0.2, 0) is 11.3 Å². The van der Waals surface area contributed by atoms with Crippen LogP contribution in [0.3, 0.4) is 0 Å². The van der Waals surface area contributed by atoms with Gasteiger partial charge in [0.25, 0.3) is 0 Å². The van der Waals surface area contributed by atoms with Gasteiger partial charge < -0.3 is 14.8 Å². The molecule has 2 fully saturated rings. The molecule has 0 radical (unpaired) electrons. The van der Waals surface area contributed by atoms with E-state index in [-0.39, 0.29) is 18.1 Å². The van der Waals surface area contributed by atoms with Gasteiger partial charge in [0.1, 0.15) is 6.61 Å². The zero-order valence-electron chi connectivity index (χ0n) is 10.5. The van der Waals surface area contributed by atoms with Crippen molar-refractivity contribution in [3.8, 4) is 0 Å². The summed E-state index contributed by atoms with van der Waals surface area (Å²) in [4.78, 5) is 13.8. The number of carbonyl (C=O) groups excluding carboxylic acids is 1. The van der Waals surface area contributed by atoms with E-state index in [1.807, 2.05) is 30.3 Å². The van der Waals surface area contributed by atoms with E-state index in [1.54, 1.807) is 4.90 Å². The third-order valence-corrected chi connectivity index (χ3v) is 3.90. The molecular weight excluding hydrogens is 244 g/mol. The van der Waals surface area contributed by atoms with Crippen LogP contribution < -0.4 is 0 Å². The number of hydrogen-bond acceptors (Lipinski definition) is 4. The first-order valence-electron chi connectivity index (χ1n) is 6.46. The monoisotopic (exact) mass is 260 g/mol. The van der Waals surface area contributed by atoms with E-state index in [2.05, 4.69) is 5.16 Å². The van der Waals surface area contributed by atoms with Gasteiger partial charge in [0.05, 0.1) is 5.71 Å². The van der Waals surface area contributed by atoms with E-state index in [1.165, 1.54) is 0 Å². The van der Waals surface area contributed by atoms with Gasteiger partial charge in [-0.1, -0.05) is 35.5 Å². The summed E-state index contributed by atoms with van der Waals surface area (Å²) in [6, 6.07) is 9.77. The SMILES string of the molecule is O=C(OCc1ccccc1)N1CC2CC1C/C2=N/O. The molecule has 19 heavy (non-hydrogen) atoms. The lowest BCUT2D eigenvalue weighted by Crippen LogP contribution is -2.40. The number of hydrogen-bond donors (Lipinski definition) is 1. The van der Waals surface area contributed by atoms with Gasteiger partial charge in [0, 0.05) is 24.9 Å². The van der Waals surface area contributed by atoms with Crippen molar-refractivity contribution in [1.82, 2.24) is 4.90 Å². The molecule has 1 heterocycles. The normalized spacial score (nSPS) is 26.9. The van der Waals surface area contributed by atoms with Gasteiger partial charge in [0.15, 0.2) is 0 Å². The van der Waals surface area contributed by atoms with Crippen LogP contribution in [0.4, 0.5) is 4.79 Å². The Kier molecular flexibility index (Phi) is 3.11. The average molecular weight is 260 g/mol. The minimum absolute atomic E-state index is 0.138. The number of oxime groups is 1. The number of nitrogens with zero attached hydrogens (tertiary/aromatic N) is 2. The topological polar surface area (TPSA) is 62.1 Å². The second kappa shape index (κ2) is 4.91. The summed E-state index contributed by atoms with van der Waals surface area (Å²) in [5.74, 6) is 0.208. The Morgan fingerprint density at radius 3 is 2.84 bits per heavy atom. The van der Waals surface area contributed by atoms with Gasteiger partial charge in [-0.2, -0.15) is 0 Å². The quantitative estimate of drug-likeness (QED) is 0.655. The molecule has 0 spiro atoms. The Morgan fingerprint density at radius 1 is 1.42 bits per heavy atom. The summed E-state index contributed by atoms with van der Waals surface area (Å²) in [6.07, 6.45) is 1.29. The lowest BCUT2D eigenvalue weighted by Gasteiger charge is -2.26. The van der Waals surface area contributed by atoms with E-state index in [0.29, 0.717) is 19.6 Å². The highest BCUT2D eigenvalue weighted by Crippen LogP contribution is 2.36. The highest BCUT2D eigenvalue weighted by atomic mass is 16.6. The fourth-order valence-corrected chi connectivity index (χ4v) is 2.91. The molecule has 0 aromatic heterocycles. The zero-order valence-corrected chi connectivity index (χ0v) is 10.5. The number of rotatable bonds is 2. The van der Waals surface area contributed by atoms with Gasteiger partial charge >= 0.3 is 6.09 Å². The molecule has 1 aromatic rings. The molecule has 2 bridgehead atoms. The van der Waals surface area contributed by atoms with Crippen LogP contribution >= 0.6 is 0 Å². The van der Waals surface area contributed by atoms with Gasteiger partial charge in [0.2, 0.25) is 0 Å². The summed E-state index contributed by atoms with van der Waals surface area (Å²) in [6.45, 7) is 0.909. The molecule has 2 unspecified atom stereocenters. The molecule has 1 saturated carbocycles. The Labute approximate surface area is 111 Å². The molecule has 1 amide bonds. The molecular formula is C14H16N2O3. The van der Waals surface area contributed by atoms with Gasteiger partial charge in [-0.25, -0.2) is 4.79 Å². The van der Waals surface area contributed by atoms with Crippen molar-refractivity contribution >= 4 is 11.8 Å². The average Bonchev–Trinajstić information content (AvgIpc) is 3.05. The van der Waals surface area contributed by atoms with Crippen LogP contribution in [0, 0.1) is 5.92 Å². The van der Waals surface area contributed by atoms with Crippen molar-refractivity contribution in [3.05, 3.63) is 35.9 Å². The van der Waals surface area contributed by atoms with Crippen molar-refractivity contribution in [1.29, 1.82) is 0 Å². The van der Waals surface area contributed by atoms with E-state index in [4.69, 9.17) is 9.94 Å². The van der Waals surface area contributed by atoms with Crippen LogP contribution in [0.5, 0.6) is 0 Å². The van der Waals surface area contributed by atoms with Crippen LogP contribution in [0.2, 0.25) is 0 Å². The van der Waals surface area contributed by atoms with Gasteiger partial charge in [-0.15, -0.1) is 0 Å². The predicted octanol–water partition coefficient (Wildman–Crippen LogP) is 2.25. The number of benzene rings is 1. The Hall–Kier alpha value is -2.04. The molecule has 1 aliphatic carbocycles. The number of amides is 1. The lowest BCUT2D eigenvalue weighted by molar-refractivity contribution is 0.0908. The van der Waals surface area contributed by atoms with E-state index in [9.17, 15) is 4.79 Å². The summed E-state index contributed by atoms with van der Waals surface area (Å²) < 4.78 is 5.32. The Bertz CT molecular complexity index is 501. The van der Waals surface area contributed by atoms with Crippen molar-refractivity contribution in [2.75, 3.05) is 6.54 Å². The third-order valence-electron chi connectivity index (χ3n) is 3.90. The van der Waals surface area contributed by atoms with Crippen LogP contribution in [-0.4, -0.2) is 34.5 Å². The Balaban J connectivity index is 1.56. The number of ether oxygens (including phenoxy) is 1. The minimum atomic E-state index is -0.270. The standard InChI is InChI=1S/C14H16N2O3/c17-14(19-9-10-4-2-1-3-5-10)16-8-11-6-12(16)7-13(11)15-18/h1-5,11-12,18H,6-9H2/b15-13-. The molecule has 3 rings (SSSR count). The highest BCUT2D eigenvalue weighted by molar-refractivity contribution is 5.91. The maximum atomic E-state index is 12.0. The second-order valence-electron chi connectivity index (χ2n) is 5.07. The molecule has 1 aromatic carbocycles. The van der Waals surface area contributed by atoms with Crippen LogP contribution in [0.1, 0.15) is 18.4 Å². The zero-order chi connectivity index (χ0) is 13.2. The van der Waals surface area contributed by atoms with Crippen molar-refractivity contribution in [2.24, 2.45) is 11.1 Å². The predicted molar refractivity (Wildman–Crippen MR) is 69.1 cm³/mol. The largest absolute Gasteiger partial charge is 0.445 e. The van der Waals surface area contributed by atoms with Gasteiger partial charge in [-0.3, -0.25) is 0 Å². The summed E-state index contributed by atoms with van der Waals surface area (Å²) >= 11 is 0. The number of piperidine rings is 1. The maximum Gasteiger partial charge on any atom is 0.410 e. The van der Waals surface area contributed by atoms with Crippen LogP contribution in [0.15, 0.2) is 35.5 Å². The molecule has 2 atom stereocenters. The smallest absolute Gasteiger partial charge is 0.410 e. The first kappa shape index (κ1) is 12.0. The molecule has 2 aliphatic rings. The minimum Gasteiger partial charge on any atom is -0.445 e. The third kappa shape index (κ3) is 2.28. The molecule has 100 valence electrons. The summed E-state index contributed by atoms with van der Waals surface area (Å²) in [5.41, 5.74) is 1.80. The molecule has 1 saturated heterocycles. The number of fused-ring (bicyclic) bond motifs is 2. The number of carbonyl (C=O) groups is 1. The van der Waals surface area contributed by atoms with E-state index < -0.39 is 0 Å². The van der Waals surface area contributed by atoms with Crippen molar-refractivity contribution in [3.63, 3.8) is 0 Å². The fourth-order valence-electron chi connectivity index (χ4n) is 2.91. The van der Waals surface area contributed by atoms with Gasteiger partial charge in [-0.05, 0) is 12.0 Å².